The molecule has 1 atom stereocenters. The first-order chi connectivity index (χ1) is 7.11. The van der Waals surface area contributed by atoms with Gasteiger partial charge in [0.2, 0.25) is 0 Å². The van der Waals surface area contributed by atoms with E-state index in [1.54, 1.807) is 7.11 Å². The van der Waals surface area contributed by atoms with Crippen molar-refractivity contribution >= 4 is 5.97 Å². The summed E-state index contributed by atoms with van der Waals surface area (Å²) in [5.74, 6) is -0.604. The van der Waals surface area contributed by atoms with Crippen LogP contribution in [0.25, 0.3) is 0 Å². The summed E-state index contributed by atoms with van der Waals surface area (Å²) in [6, 6.07) is 5.59. The maximum atomic E-state index is 11.1. The molecule has 0 aromatic heterocycles. The van der Waals surface area contributed by atoms with Crippen LogP contribution < -0.4 is 4.74 Å². The number of ether oxygens (including phenoxy) is 1. The maximum absolute atomic E-state index is 11.1. The number of rotatable bonds is 4. The lowest BCUT2D eigenvalue weighted by atomic mass is 9.94. The van der Waals surface area contributed by atoms with Gasteiger partial charge in [-0.1, -0.05) is 25.1 Å². The number of benzene rings is 1. The van der Waals surface area contributed by atoms with E-state index in [0.717, 1.165) is 11.1 Å². The molecule has 0 spiro atoms. The van der Waals surface area contributed by atoms with Gasteiger partial charge in [0.15, 0.2) is 0 Å². The minimum atomic E-state index is -0.804. The van der Waals surface area contributed by atoms with Crippen molar-refractivity contribution in [2.75, 3.05) is 7.11 Å². The van der Waals surface area contributed by atoms with Crippen LogP contribution in [-0.4, -0.2) is 18.2 Å². The van der Waals surface area contributed by atoms with E-state index in [1.165, 1.54) is 0 Å². The number of hydrogen-bond acceptors (Lipinski definition) is 2. The van der Waals surface area contributed by atoms with E-state index in [2.05, 4.69) is 0 Å². The molecule has 0 aliphatic rings. The third-order valence-electron chi connectivity index (χ3n) is 2.53. The number of hydrogen-bond donors (Lipinski definition) is 1. The molecule has 0 saturated heterocycles. The van der Waals surface area contributed by atoms with Gasteiger partial charge in [-0.15, -0.1) is 0 Å². The number of methoxy groups -OCH3 is 1. The third kappa shape index (κ3) is 2.29. The number of carboxylic acids is 1. The van der Waals surface area contributed by atoms with Crippen molar-refractivity contribution in [3.8, 4) is 5.75 Å². The van der Waals surface area contributed by atoms with Gasteiger partial charge in [0, 0.05) is 5.56 Å². The van der Waals surface area contributed by atoms with E-state index in [4.69, 9.17) is 9.84 Å². The summed E-state index contributed by atoms with van der Waals surface area (Å²) < 4.78 is 5.25. The van der Waals surface area contributed by atoms with Gasteiger partial charge in [0.1, 0.15) is 5.75 Å². The highest BCUT2D eigenvalue weighted by atomic mass is 16.5. The molecule has 0 heterocycles. The van der Waals surface area contributed by atoms with Gasteiger partial charge in [-0.25, -0.2) is 0 Å². The Bertz CT molecular complexity index is 358. The highest BCUT2D eigenvalue weighted by Crippen LogP contribution is 2.31. The standard InChI is InChI=1S/C12H16O3/c1-4-9(12(13)14)10-7-5-6-8(2)11(10)15-3/h5-7,9H,4H2,1-3H3,(H,13,14). The summed E-state index contributed by atoms with van der Waals surface area (Å²) in [7, 11) is 1.57. The second kappa shape index (κ2) is 4.82. The molecule has 0 amide bonds. The van der Waals surface area contributed by atoms with Gasteiger partial charge in [-0.3, -0.25) is 4.79 Å². The number of carbonyl (C=O) groups is 1. The van der Waals surface area contributed by atoms with Gasteiger partial charge >= 0.3 is 5.97 Å². The second-order valence-electron chi connectivity index (χ2n) is 3.50. The van der Waals surface area contributed by atoms with Crippen molar-refractivity contribution in [3.05, 3.63) is 29.3 Å². The topological polar surface area (TPSA) is 46.5 Å². The predicted octanol–water partition coefficient (Wildman–Crippen LogP) is 2.58. The molecule has 15 heavy (non-hydrogen) atoms. The normalized spacial score (nSPS) is 12.2. The summed E-state index contributed by atoms with van der Waals surface area (Å²) in [6.45, 7) is 3.78. The number of aryl methyl sites for hydroxylation is 1. The molecule has 1 unspecified atom stereocenters. The molecule has 0 aliphatic carbocycles. The predicted molar refractivity (Wildman–Crippen MR) is 58.4 cm³/mol. The molecule has 1 N–H and O–H groups in total. The Balaban J connectivity index is 3.22. The van der Waals surface area contributed by atoms with E-state index in [0.29, 0.717) is 12.2 Å². The lowest BCUT2D eigenvalue weighted by molar-refractivity contribution is -0.138. The Morgan fingerprint density at radius 2 is 2.20 bits per heavy atom. The Labute approximate surface area is 89.7 Å². The van der Waals surface area contributed by atoms with Crippen LogP contribution in [-0.2, 0) is 4.79 Å². The van der Waals surface area contributed by atoms with E-state index < -0.39 is 11.9 Å². The Hall–Kier alpha value is -1.51. The van der Waals surface area contributed by atoms with Crippen LogP contribution in [0.5, 0.6) is 5.75 Å². The number of carboxylic acid groups (broad SMARTS) is 1. The van der Waals surface area contributed by atoms with Crippen molar-refractivity contribution in [1.82, 2.24) is 0 Å². The summed E-state index contributed by atoms with van der Waals surface area (Å²) in [4.78, 5) is 11.1. The van der Waals surface area contributed by atoms with Crippen molar-refractivity contribution < 1.29 is 14.6 Å². The summed E-state index contributed by atoms with van der Waals surface area (Å²) in [6.07, 6.45) is 0.565. The minimum absolute atomic E-state index is 0.486. The summed E-state index contributed by atoms with van der Waals surface area (Å²) in [5, 5.41) is 9.08. The smallest absolute Gasteiger partial charge is 0.311 e. The Morgan fingerprint density at radius 3 is 2.67 bits per heavy atom. The molecule has 0 saturated carbocycles. The second-order valence-corrected chi connectivity index (χ2v) is 3.50. The molecular weight excluding hydrogens is 192 g/mol. The lowest BCUT2D eigenvalue weighted by Crippen LogP contribution is -2.12. The van der Waals surface area contributed by atoms with Crippen molar-refractivity contribution in [2.24, 2.45) is 0 Å². The molecular formula is C12H16O3. The zero-order chi connectivity index (χ0) is 11.4. The molecule has 1 aromatic carbocycles. The van der Waals surface area contributed by atoms with Crippen molar-refractivity contribution in [3.63, 3.8) is 0 Å². The van der Waals surface area contributed by atoms with E-state index in [-0.39, 0.29) is 0 Å². The highest BCUT2D eigenvalue weighted by Gasteiger charge is 2.21. The van der Waals surface area contributed by atoms with Gasteiger partial charge in [-0.05, 0) is 18.9 Å². The monoisotopic (exact) mass is 208 g/mol. The molecule has 0 fully saturated rings. The third-order valence-corrected chi connectivity index (χ3v) is 2.53. The van der Waals surface area contributed by atoms with Crippen molar-refractivity contribution in [1.29, 1.82) is 0 Å². The van der Waals surface area contributed by atoms with Gasteiger partial charge < -0.3 is 9.84 Å². The molecule has 1 rings (SSSR count). The first kappa shape index (κ1) is 11.6. The molecule has 0 bridgehead atoms. The molecule has 3 nitrogen and oxygen atoms in total. The van der Waals surface area contributed by atoms with Crippen LogP contribution in [0.4, 0.5) is 0 Å². The van der Waals surface area contributed by atoms with Crippen LogP contribution >= 0.6 is 0 Å². The van der Waals surface area contributed by atoms with Gasteiger partial charge in [0.05, 0.1) is 13.0 Å². The van der Waals surface area contributed by atoms with Crippen LogP contribution in [0.2, 0.25) is 0 Å². The maximum Gasteiger partial charge on any atom is 0.311 e. The van der Waals surface area contributed by atoms with E-state index >= 15 is 0 Å². The molecule has 0 aliphatic heterocycles. The quantitative estimate of drug-likeness (QED) is 0.827. The largest absolute Gasteiger partial charge is 0.496 e. The van der Waals surface area contributed by atoms with E-state index in [9.17, 15) is 4.79 Å². The minimum Gasteiger partial charge on any atom is -0.496 e. The fourth-order valence-electron chi connectivity index (χ4n) is 1.76. The summed E-state index contributed by atoms with van der Waals surface area (Å²) >= 11 is 0. The van der Waals surface area contributed by atoms with Crippen LogP contribution in [0.1, 0.15) is 30.4 Å². The Morgan fingerprint density at radius 1 is 1.53 bits per heavy atom. The van der Waals surface area contributed by atoms with Crippen molar-refractivity contribution in [2.45, 2.75) is 26.2 Å². The molecule has 82 valence electrons. The molecule has 0 radical (unpaired) electrons. The fraction of sp³-hybridized carbons (Fsp3) is 0.417. The number of aliphatic carboxylic acids is 1. The SMILES string of the molecule is CCC(C(=O)O)c1cccc(C)c1OC. The Kier molecular flexibility index (Phi) is 3.72. The zero-order valence-electron chi connectivity index (χ0n) is 9.28. The van der Waals surface area contributed by atoms with Gasteiger partial charge in [-0.2, -0.15) is 0 Å². The average molecular weight is 208 g/mol. The van der Waals surface area contributed by atoms with E-state index in [1.807, 2.05) is 32.0 Å². The zero-order valence-corrected chi connectivity index (χ0v) is 9.28. The first-order valence-corrected chi connectivity index (χ1v) is 4.98. The summed E-state index contributed by atoms with van der Waals surface area (Å²) in [5.41, 5.74) is 1.72. The fourth-order valence-corrected chi connectivity index (χ4v) is 1.76. The molecule has 3 heteroatoms. The first-order valence-electron chi connectivity index (χ1n) is 4.98. The molecule has 1 aromatic rings. The number of para-hydroxylation sites is 1. The van der Waals surface area contributed by atoms with Crippen LogP contribution in [0.3, 0.4) is 0 Å². The highest BCUT2D eigenvalue weighted by molar-refractivity contribution is 5.77. The lowest BCUT2D eigenvalue weighted by Gasteiger charge is -2.16. The van der Waals surface area contributed by atoms with Crippen LogP contribution in [0, 0.1) is 6.92 Å². The van der Waals surface area contributed by atoms with Gasteiger partial charge in [0.25, 0.3) is 0 Å². The average Bonchev–Trinajstić information content (AvgIpc) is 2.18. The van der Waals surface area contributed by atoms with Crippen LogP contribution in [0.15, 0.2) is 18.2 Å².